The Bertz CT molecular complexity index is 1400. The van der Waals surface area contributed by atoms with Crippen LogP contribution in [0.2, 0.25) is 0 Å². The van der Waals surface area contributed by atoms with Crippen molar-refractivity contribution in [3.8, 4) is 0 Å². The average Bonchev–Trinajstić information content (AvgIpc) is 3.26. The molecule has 4 aromatic rings. The summed E-state index contributed by atoms with van der Waals surface area (Å²) in [6.07, 6.45) is 1.41. The summed E-state index contributed by atoms with van der Waals surface area (Å²) in [4.78, 5) is 4.35. The lowest BCUT2D eigenvalue weighted by Gasteiger charge is -2.21. The minimum atomic E-state index is -3.78. The minimum Gasteiger partial charge on any atom is -0.459 e. The first-order valence-electron chi connectivity index (χ1n) is 10.5. The standard InChI is InChI=1S/C26H22BrFN2O3S/c1-19-7-12-24(13-8-19)34(31,32)30(17-20-5-3-2-4-6-20)18-23-11-10-22(33-23)16-29-26-14-9-21(27)15-25(26)28/h2-16H,17-18H2,1H3. The second-order valence-electron chi connectivity index (χ2n) is 7.73. The van der Waals surface area contributed by atoms with Crippen LogP contribution in [0.5, 0.6) is 0 Å². The Balaban J connectivity index is 1.58. The highest BCUT2D eigenvalue weighted by Gasteiger charge is 2.26. The van der Waals surface area contributed by atoms with E-state index in [1.165, 1.54) is 16.6 Å². The summed E-state index contributed by atoms with van der Waals surface area (Å²) in [5.41, 5.74) is 2.01. The monoisotopic (exact) mass is 540 g/mol. The molecule has 0 aliphatic carbocycles. The van der Waals surface area contributed by atoms with E-state index in [4.69, 9.17) is 4.42 Å². The number of sulfonamides is 1. The lowest BCUT2D eigenvalue weighted by atomic mass is 10.2. The van der Waals surface area contributed by atoms with Crippen molar-refractivity contribution in [2.75, 3.05) is 0 Å². The number of aryl methyl sites for hydroxylation is 1. The Morgan fingerprint density at radius 2 is 1.71 bits per heavy atom. The van der Waals surface area contributed by atoms with Crippen LogP contribution in [0.15, 0.2) is 104 Å². The Kier molecular flexibility index (Phi) is 7.41. The van der Waals surface area contributed by atoms with Gasteiger partial charge in [0, 0.05) is 11.0 Å². The number of nitrogens with zero attached hydrogens (tertiary/aromatic N) is 2. The van der Waals surface area contributed by atoms with Crippen molar-refractivity contribution >= 4 is 37.9 Å². The predicted octanol–water partition coefficient (Wildman–Crippen LogP) is 6.63. The van der Waals surface area contributed by atoms with Gasteiger partial charge >= 0.3 is 0 Å². The molecule has 1 heterocycles. The Hall–Kier alpha value is -3.07. The molecular weight excluding hydrogens is 519 g/mol. The fourth-order valence-corrected chi connectivity index (χ4v) is 5.04. The van der Waals surface area contributed by atoms with Gasteiger partial charge in [0.05, 0.1) is 23.3 Å². The number of furan rings is 1. The largest absolute Gasteiger partial charge is 0.459 e. The minimum absolute atomic E-state index is 0.0333. The molecule has 0 fully saturated rings. The summed E-state index contributed by atoms with van der Waals surface area (Å²) < 4.78 is 48.7. The maximum absolute atomic E-state index is 14.0. The van der Waals surface area contributed by atoms with Crippen molar-refractivity contribution in [3.63, 3.8) is 0 Å². The van der Waals surface area contributed by atoms with Gasteiger partial charge in [0.25, 0.3) is 0 Å². The molecule has 0 aliphatic rings. The zero-order chi connectivity index (χ0) is 24.1. The van der Waals surface area contributed by atoms with Crippen molar-refractivity contribution < 1.29 is 17.2 Å². The van der Waals surface area contributed by atoms with Crippen molar-refractivity contribution in [1.82, 2.24) is 4.31 Å². The van der Waals surface area contributed by atoms with Gasteiger partial charge in [0.15, 0.2) is 0 Å². The molecule has 0 radical (unpaired) electrons. The fraction of sp³-hybridized carbons (Fsp3) is 0.115. The summed E-state index contributed by atoms with van der Waals surface area (Å²) in [6, 6.07) is 24.1. The third kappa shape index (κ3) is 5.88. The molecule has 0 spiro atoms. The van der Waals surface area contributed by atoms with Gasteiger partial charge in [-0.2, -0.15) is 4.31 Å². The smallest absolute Gasteiger partial charge is 0.243 e. The molecule has 8 heteroatoms. The third-order valence-electron chi connectivity index (χ3n) is 5.12. The molecule has 0 unspecified atom stereocenters. The molecule has 0 bridgehead atoms. The zero-order valence-electron chi connectivity index (χ0n) is 18.4. The molecule has 0 saturated carbocycles. The average molecular weight is 541 g/mol. The van der Waals surface area contributed by atoms with E-state index >= 15 is 0 Å². The normalized spacial score (nSPS) is 12.0. The van der Waals surface area contributed by atoms with Crippen molar-refractivity contribution in [1.29, 1.82) is 0 Å². The SMILES string of the molecule is Cc1ccc(S(=O)(=O)N(Cc2ccccc2)Cc2ccc(C=Nc3ccc(Br)cc3F)o2)cc1. The Morgan fingerprint density at radius 3 is 2.41 bits per heavy atom. The van der Waals surface area contributed by atoms with E-state index in [2.05, 4.69) is 20.9 Å². The van der Waals surface area contributed by atoms with E-state index in [1.54, 1.807) is 48.5 Å². The van der Waals surface area contributed by atoms with E-state index < -0.39 is 15.8 Å². The highest BCUT2D eigenvalue weighted by molar-refractivity contribution is 9.10. The van der Waals surface area contributed by atoms with Gasteiger partial charge in [-0.25, -0.2) is 17.8 Å². The summed E-state index contributed by atoms with van der Waals surface area (Å²) in [6.45, 7) is 2.13. The molecule has 0 N–H and O–H groups in total. The summed E-state index contributed by atoms with van der Waals surface area (Å²) >= 11 is 3.21. The highest BCUT2D eigenvalue weighted by atomic mass is 79.9. The van der Waals surface area contributed by atoms with Crippen LogP contribution in [0.4, 0.5) is 10.1 Å². The van der Waals surface area contributed by atoms with E-state index in [9.17, 15) is 12.8 Å². The molecule has 4 rings (SSSR count). The summed E-state index contributed by atoms with van der Waals surface area (Å²) in [7, 11) is -3.78. The molecular formula is C26H22BrFN2O3S. The van der Waals surface area contributed by atoms with Crippen molar-refractivity contribution in [3.05, 3.63) is 118 Å². The fourth-order valence-electron chi connectivity index (χ4n) is 3.31. The third-order valence-corrected chi connectivity index (χ3v) is 7.41. The van der Waals surface area contributed by atoms with Gasteiger partial charge in [0.2, 0.25) is 10.0 Å². The second kappa shape index (κ2) is 10.5. The first-order valence-corrected chi connectivity index (χ1v) is 12.7. The van der Waals surface area contributed by atoms with Crippen LogP contribution in [0.3, 0.4) is 0 Å². The van der Waals surface area contributed by atoms with Crippen LogP contribution >= 0.6 is 15.9 Å². The van der Waals surface area contributed by atoms with Gasteiger partial charge in [0.1, 0.15) is 17.3 Å². The Labute approximate surface area is 206 Å². The van der Waals surface area contributed by atoms with Crippen LogP contribution in [0, 0.1) is 12.7 Å². The van der Waals surface area contributed by atoms with Crippen molar-refractivity contribution in [2.45, 2.75) is 24.9 Å². The molecule has 5 nitrogen and oxygen atoms in total. The zero-order valence-corrected chi connectivity index (χ0v) is 20.8. The topological polar surface area (TPSA) is 62.9 Å². The van der Waals surface area contributed by atoms with E-state index in [-0.39, 0.29) is 23.7 Å². The van der Waals surface area contributed by atoms with Gasteiger partial charge in [-0.1, -0.05) is 64.0 Å². The lowest BCUT2D eigenvalue weighted by molar-refractivity contribution is 0.357. The van der Waals surface area contributed by atoms with Crippen LogP contribution in [-0.2, 0) is 23.1 Å². The number of aliphatic imine (C=N–C) groups is 1. The maximum Gasteiger partial charge on any atom is 0.243 e. The van der Waals surface area contributed by atoms with Gasteiger partial charge in [-0.15, -0.1) is 0 Å². The van der Waals surface area contributed by atoms with Crippen LogP contribution < -0.4 is 0 Å². The quantitative estimate of drug-likeness (QED) is 0.235. The van der Waals surface area contributed by atoms with E-state index in [0.29, 0.717) is 16.0 Å². The first-order chi connectivity index (χ1) is 16.3. The lowest BCUT2D eigenvalue weighted by Crippen LogP contribution is -2.30. The predicted molar refractivity (Wildman–Crippen MR) is 134 cm³/mol. The Morgan fingerprint density at radius 1 is 0.971 bits per heavy atom. The molecule has 34 heavy (non-hydrogen) atoms. The molecule has 1 aromatic heterocycles. The van der Waals surface area contributed by atoms with Gasteiger partial charge < -0.3 is 4.42 Å². The van der Waals surface area contributed by atoms with Crippen LogP contribution in [0.1, 0.15) is 22.6 Å². The van der Waals surface area contributed by atoms with E-state index in [1.807, 2.05) is 37.3 Å². The van der Waals surface area contributed by atoms with Crippen LogP contribution in [0.25, 0.3) is 0 Å². The number of rotatable bonds is 8. The number of halogens is 2. The molecule has 0 aliphatic heterocycles. The first kappa shape index (κ1) is 24.1. The maximum atomic E-state index is 14.0. The second-order valence-corrected chi connectivity index (χ2v) is 10.6. The molecule has 174 valence electrons. The van der Waals surface area contributed by atoms with Crippen molar-refractivity contribution in [2.24, 2.45) is 4.99 Å². The van der Waals surface area contributed by atoms with Crippen LogP contribution in [-0.4, -0.2) is 18.9 Å². The molecule has 0 saturated heterocycles. The highest BCUT2D eigenvalue weighted by Crippen LogP contribution is 2.24. The molecule has 0 atom stereocenters. The van der Waals surface area contributed by atoms with Gasteiger partial charge in [-0.3, -0.25) is 0 Å². The number of hydrogen-bond acceptors (Lipinski definition) is 4. The van der Waals surface area contributed by atoms with E-state index in [0.717, 1.165) is 11.1 Å². The summed E-state index contributed by atoms with van der Waals surface area (Å²) in [5, 5.41) is 0. The number of benzene rings is 3. The summed E-state index contributed by atoms with van der Waals surface area (Å²) in [5.74, 6) is 0.379. The number of hydrogen-bond donors (Lipinski definition) is 0. The molecule has 0 amide bonds. The van der Waals surface area contributed by atoms with Gasteiger partial charge in [-0.05, 0) is 55.0 Å². The molecule has 3 aromatic carbocycles.